The van der Waals surface area contributed by atoms with E-state index >= 15 is 0 Å². The van der Waals surface area contributed by atoms with Crippen LogP contribution in [0.4, 0.5) is 0 Å². The summed E-state index contributed by atoms with van der Waals surface area (Å²) in [6.45, 7) is -0.791. The van der Waals surface area contributed by atoms with E-state index in [0.717, 1.165) is 0 Å². The van der Waals surface area contributed by atoms with Crippen LogP contribution in [0.25, 0.3) is 0 Å². The summed E-state index contributed by atoms with van der Waals surface area (Å²) in [5.74, 6) is -3.62. The van der Waals surface area contributed by atoms with E-state index in [0.29, 0.717) is 0 Å². The molecule has 0 aromatic rings. The van der Waals surface area contributed by atoms with Crippen molar-refractivity contribution in [2.24, 2.45) is 5.73 Å². The number of rotatable bonds is 6. The van der Waals surface area contributed by atoms with Crippen molar-refractivity contribution in [2.75, 3.05) is 6.61 Å². The van der Waals surface area contributed by atoms with Gasteiger partial charge in [-0.25, -0.2) is 4.79 Å². The third kappa shape index (κ3) is 4.93. The highest BCUT2D eigenvalue weighted by atomic mass is 16.4. The van der Waals surface area contributed by atoms with Gasteiger partial charge in [-0.05, 0) is 0 Å². The summed E-state index contributed by atoms with van der Waals surface area (Å²) < 4.78 is 0. The minimum atomic E-state index is -1.47. The fourth-order valence-electron chi connectivity index (χ4n) is 0.745. The Morgan fingerprint density at radius 3 is 2.13 bits per heavy atom. The minimum absolute atomic E-state index is 0.608. The van der Waals surface area contributed by atoms with Gasteiger partial charge in [0.1, 0.15) is 6.04 Å². The molecule has 2 unspecified atom stereocenters. The van der Waals surface area contributed by atoms with Gasteiger partial charge < -0.3 is 26.4 Å². The van der Waals surface area contributed by atoms with E-state index in [2.05, 4.69) is 0 Å². The van der Waals surface area contributed by atoms with Crippen LogP contribution in [-0.4, -0.2) is 51.9 Å². The zero-order valence-corrected chi connectivity index (χ0v) is 7.71. The van der Waals surface area contributed by atoms with Gasteiger partial charge in [0.15, 0.2) is 0 Å². The number of carbonyl (C=O) groups is 3. The van der Waals surface area contributed by atoms with Crippen LogP contribution in [0.5, 0.6) is 0 Å². The maximum atomic E-state index is 11.1. The second-order valence-electron chi connectivity index (χ2n) is 2.79. The van der Waals surface area contributed by atoms with Crippen molar-refractivity contribution in [3.8, 4) is 0 Å². The number of carboxylic acids is 2. The predicted molar refractivity (Wildman–Crippen MR) is 46.9 cm³/mol. The van der Waals surface area contributed by atoms with Crippen LogP contribution in [-0.2, 0) is 14.4 Å². The molecular formula is C7H12N2O6. The number of aliphatic hydroxyl groups is 1. The standard InChI is InChI=1S/C7H12N2O6/c8-3(1-5(11)12)6(13)9-4(2-10)7(14)15/h3-4,10H,1-2,8H2,(H,9,13)(H,11,12)(H,14,15). The molecule has 0 saturated heterocycles. The number of hydrogen-bond donors (Lipinski definition) is 5. The number of amides is 1. The summed E-state index contributed by atoms with van der Waals surface area (Å²) in [6, 6.07) is -2.81. The van der Waals surface area contributed by atoms with Crippen LogP contribution < -0.4 is 11.1 Å². The summed E-state index contributed by atoms with van der Waals surface area (Å²) in [7, 11) is 0. The predicted octanol–water partition coefficient (Wildman–Crippen LogP) is -2.65. The Bertz CT molecular complexity index is 266. The van der Waals surface area contributed by atoms with E-state index in [4.69, 9.17) is 21.1 Å². The van der Waals surface area contributed by atoms with Crippen molar-refractivity contribution >= 4 is 17.8 Å². The lowest BCUT2D eigenvalue weighted by Gasteiger charge is -2.14. The zero-order chi connectivity index (χ0) is 12.0. The number of hydrogen-bond acceptors (Lipinski definition) is 5. The molecule has 0 radical (unpaired) electrons. The van der Waals surface area contributed by atoms with Gasteiger partial charge in [0.05, 0.1) is 19.1 Å². The normalized spacial score (nSPS) is 14.0. The molecule has 8 nitrogen and oxygen atoms in total. The molecule has 0 heterocycles. The van der Waals surface area contributed by atoms with Gasteiger partial charge in [0.25, 0.3) is 0 Å². The maximum Gasteiger partial charge on any atom is 0.328 e. The second-order valence-corrected chi connectivity index (χ2v) is 2.79. The van der Waals surface area contributed by atoms with Gasteiger partial charge in [-0.1, -0.05) is 0 Å². The second kappa shape index (κ2) is 5.94. The molecular weight excluding hydrogens is 208 g/mol. The Morgan fingerprint density at radius 2 is 1.80 bits per heavy atom. The molecule has 0 aliphatic heterocycles. The van der Waals surface area contributed by atoms with E-state index in [-0.39, 0.29) is 0 Å². The maximum absolute atomic E-state index is 11.1. The van der Waals surface area contributed by atoms with Crippen LogP contribution >= 0.6 is 0 Å². The first-order valence-electron chi connectivity index (χ1n) is 4.00. The van der Waals surface area contributed by atoms with Crippen molar-refractivity contribution in [3.05, 3.63) is 0 Å². The van der Waals surface area contributed by atoms with E-state index in [1.807, 2.05) is 5.32 Å². The zero-order valence-electron chi connectivity index (χ0n) is 7.71. The highest BCUT2D eigenvalue weighted by Crippen LogP contribution is 1.91. The van der Waals surface area contributed by atoms with Gasteiger partial charge in [0.2, 0.25) is 5.91 Å². The lowest BCUT2D eigenvalue weighted by molar-refractivity contribution is -0.143. The van der Waals surface area contributed by atoms with Crippen LogP contribution in [0.15, 0.2) is 0 Å². The summed E-state index contributed by atoms with van der Waals surface area (Å²) in [4.78, 5) is 31.6. The Morgan fingerprint density at radius 1 is 1.27 bits per heavy atom. The number of nitrogens with one attached hydrogen (secondary N) is 1. The van der Waals surface area contributed by atoms with Crippen LogP contribution in [0.3, 0.4) is 0 Å². The fraction of sp³-hybridized carbons (Fsp3) is 0.571. The van der Waals surface area contributed by atoms with Crippen LogP contribution in [0.1, 0.15) is 6.42 Å². The smallest absolute Gasteiger partial charge is 0.328 e. The molecule has 0 aliphatic carbocycles. The molecule has 0 aromatic carbocycles. The molecule has 0 spiro atoms. The lowest BCUT2D eigenvalue weighted by Crippen LogP contribution is -2.50. The Labute approximate surface area is 84.7 Å². The van der Waals surface area contributed by atoms with Crippen molar-refractivity contribution in [1.29, 1.82) is 0 Å². The van der Waals surface area contributed by atoms with Gasteiger partial charge in [-0.15, -0.1) is 0 Å². The monoisotopic (exact) mass is 220 g/mol. The first-order chi connectivity index (χ1) is 6.88. The SMILES string of the molecule is NC(CC(=O)O)C(=O)NC(CO)C(=O)O. The summed E-state index contributed by atoms with van der Waals surface area (Å²) in [6.07, 6.45) is -0.608. The molecule has 0 fully saturated rings. The van der Waals surface area contributed by atoms with Crippen LogP contribution in [0, 0.1) is 0 Å². The Balaban J connectivity index is 4.21. The molecule has 2 atom stereocenters. The fourth-order valence-corrected chi connectivity index (χ4v) is 0.745. The largest absolute Gasteiger partial charge is 0.481 e. The van der Waals surface area contributed by atoms with E-state index in [1.165, 1.54) is 0 Å². The average molecular weight is 220 g/mol. The molecule has 1 amide bonds. The van der Waals surface area contributed by atoms with Crippen LogP contribution in [0.2, 0.25) is 0 Å². The van der Waals surface area contributed by atoms with E-state index in [9.17, 15) is 14.4 Å². The van der Waals surface area contributed by atoms with Gasteiger partial charge in [0, 0.05) is 0 Å². The third-order valence-electron chi connectivity index (χ3n) is 1.53. The van der Waals surface area contributed by atoms with E-state index < -0.39 is 43.0 Å². The molecule has 8 heteroatoms. The first-order valence-corrected chi connectivity index (χ1v) is 4.00. The number of aliphatic carboxylic acids is 2. The molecule has 0 rings (SSSR count). The number of carboxylic acid groups (broad SMARTS) is 2. The summed E-state index contributed by atoms with van der Waals surface area (Å²) in [5, 5.41) is 27.2. The molecule has 0 bridgehead atoms. The minimum Gasteiger partial charge on any atom is -0.481 e. The molecule has 15 heavy (non-hydrogen) atoms. The number of aliphatic hydroxyl groups excluding tert-OH is 1. The molecule has 0 aliphatic rings. The first kappa shape index (κ1) is 13.3. The highest BCUT2D eigenvalue weighted by Gasteiger charge is 2.23. The summed E-state index contributed by atoms with van der Waals surface area (Å²) in [5.41, 5.74) is 5.15. The van der Waals surface area contributed by atoms with Crippen molar-refractivity contribution in [3.63, 3.8) is 0 Å². The summed E-state index contributed by atoms with van der Waals surface area (Å²) >= 11 is 0. The topological polar surface area (TPSA) is 150 Å². The molecule has 0 saturated carbocycles. The van der Waals surface area contributed by atoms with Crippen molar-refractivity contribution in [2.45, 2.75) is 18.5 Å². The molecule has 6 N–H and O–H groups in total. The third-order valence-corrected chi connectivity index (χ3v) is 1.53. The Kier molecular flexibility index (Phi) is 5.27. The Hall–Kier alpha value is -1.67. The molecule has 0 aromatic heterocycles. The van der Waals surface area contributed by atoms with Gasteiger partial charge in [-0.2, -0.15) is 0 Å². The molecule has 86 valence electrons. The van der Waals surface area contributed by atoms with Crippen molar-refractivity contribution < 1.29 is 29.7 Å². The van der Waals surface area contributed by atoms with Gasteiger partial charge >= 0.3 is 11.9 Å². The van der Waals surface area contributed by atoms with Gasteiger partial charge in [-0.3, -0.25) is 9.59 Å². The quantitative estimate of drug-likeness (QED) is 0.328. The van der Waals surface area contributed by atoms with E-state index in [1.54, 1.807) is 0 Å². The number of nitrogens with two attached hydrogens (primary N) is 1. The number of carbonyl (C=O) groups excluding carboxylic acids is 1. The van der Waals surface area contributed by atoms with Crippen molar-refractivity contribution in [1.82, 2.24) is 5.32 Å². The lowest BCUT2D eigenvalue weighted by atomic mass is 10.2. The average Bonchev–Trinajstić information content (AvgIpc) is 2.11. The highest BCUT2D eigenvalue weighted by molar-refractivity contribution is 5.89.